The van der Waals surface area contributed by atoms with Crippen molar-refractivity contribution in [2.45, 2.75) is 38.3 Å². The van der Waals surface area contributed by atoms with Gasteiger partial charge in [-0.15, -0.1) is 10.2 Å². The summed E-state index contributed by atoms with van der Waals surface area (Å²) in [5.74, 6) is 3.57. The number of hydrogen-bond acceptors (Lipinski definition) is 7. The second-order valence-corrected chi connectivity index (χ2v) is 8.02. The van der Waals surface area contributed by atoms with E-state index in [0.717, 1.165) is 75.9 Å². The summed E-state index contributed by atoms with van der Waals surface area (Å²) >= 11 is 5.97. The number of benzene rings is 1. The highest BCUT2D eigenvalue weighted by molar-refractivity contribution is 6.30. The zero-order chi connectivity index (χ0) is 19.6. The van der Waals surface area contributed by atoms with E-state index < -0.39 is 0 Å². The van der Waals surface area contributed by atoms with Crippen molar-refractivity contribution in [2.24, 2.45) is 0 Å². The standard InChI is InChI=1S/C20H23ClN6O2/c21-16-5-3-14(4-6-16)19-22-20(29-25-19)15-2-1-8-26(12-15)13-18-24-23-17-7-10-28-11-9-27(17)18/h3-6,15H,1-2,7-13H2. The molecular formula is C20H23ClN6O2. The molecule has 0 N–H and O–H groups in total. The van der Waals surface area contributed by atoms with Crippen LogP contribution in [0.4, 0.5) is 0 Å². The second-order valence-electron chi connectivity index (χ2n) is 7.58. The fraction of sp³-hybridized carbons (Fsp3) is 0.500. The lowest BCUT2D eigenvalue weighted by Gasteiger charge is -2.30. The van der Waals surface area contributed by atoms with Gasteiger partial charge in [0.1, 0.15) is 11.6 Å². The predicted molar refractivity (Wildman–Crippen MR) is 107 cm³/mol. The van der Waals surface area contributed by atoms with Gasteiger partial charge in [0.15, 0.2) is 0 Å². The molecule has 0 bridgehead atoms. The van der Waals surface area contributed by atoms with Crippen molar-refractivity contribution in [3.8, 4) is 11.4 Å². The van der Waals surface area contributed by atoms with Gasteiger partial charge in [-0.3, -0.25) is 4.90 Å². The number of rotatable bonds is 4. The summed E-state index contributed by atoms with van der Waals surface area (Å²) in [7, 11) is 0. The average molecular weight is 415 g/mol. The summed E-state index contributed by atoms with van der Waals surface area (Å²) in [6.07, 6.45) is 2.96. The van der Waals surface area contributed by atoms with Crippen LogP contribution in [0.25, 0.3) is 11.4 Å². The molecule has 1 unspecified atom stereocenters. The molecule has 29 heavy (non-hydrogen) atoms. The van der Waals surface area contributed by atoms with Crippen molar-refractivity contribution in [3.63, 3.8) is 0 Å². The number of nitrogens with zero attached hydrogens (tertiary/aromatic N) is 6. The van der Waals surface area contributed by atoms with E-state index in [1.54, 1.807) is 0 Å². The largest absolute Gasteiger partial charge is 0.379 e. The molecule has 1 atom stereocenters. The van der Waals surface area contributed by atoms with E-state index in [2.05, 4.69) is 29.8 Å². The maximum atomic E-state index is 5.97. The molecule has 3 aromatic rings. The van der Waals surface area contributed by atoms with Crippen molar-refractivity contribution in [2.75, 3.05) is 26.3 Å². The Bertz CT molecular complexity index is 970. The zero-order valence-electron chi connectivity index (χ0n) is 16.1. The summed E-state index contributed by atoms with van der Waals surface area (Å²) in [4.78, 5) is 7.06. The first-order chi connectivity index (χ1) is 14.3. The van der Waals surface area contributed by atoms with Gasteiger partial charge in [0.25, 0.3) is 0 Å². The van der Waals surface area contributed by atoms with Gasteiger partial charge in [-0.25, -0.2) is 0 Å². The van der Waals surface area contributed by atoms with E-state index in [4.69, 9.17) is 20.9 Å². The average Bonchev–Trinajstić information content (AvgIpc) is 3.30. The minimum Gasteiger partial charge on any atom is -0.379 e. The van der Waals surface area contributed by atoms with Crippen molar-refractivity contribution >= 4 is 11.6 Å². The molecule has 2 aromatic heterocycles. The number of hydrogen-bond donors (Lipinski definition) is 0. The van der Waals surface area contributed by atoms with Gasteiger partial charge in [-0.2, -0.15) is 4.98 Å². The Morgan fingerprint density at radius 3 is 2.90 bits per heavy atom. The first kappa shape index (κ1) is 18.7. The Kier molecular flexibility index (Phi) is 5.30. The third kappa shape index (κ3) is 4.05. The second kappa shape index (κ2) is 8.22. The molecule has 9 heteroatoms. The highest BCUT2D eigenvalue weighted by Gasteiger charge is 2.27. The molecule has 8 nitrogen and oxygen atoms in total. The highest BCUT2D eigenvalue weighted by atomic mass is 35.5. The number of ether oxygens (including phenoxy) is 1. The quantitative estimate of drug-likeness (QED) is 0.649. The molecular weight excluding hydrogens is 392 g/mol. The van der Waals surface area contributed by atoms with Crippen molar-refractivity contribution < 1.29 is 9.26 Å². The first-order valence-corrected chi connectivity index (χ1v) is 10.4. The van der Waals surface area contributed by atoms with E-state index in [1.807, 2.05) is 24.3 Å². The third-order valence-corrected chi connectivity index (χ3v) is 5.85. The van der Waals surface area contributed by atoms with Gasteiger partial charge >= 0.3 is 0 Å². The van der Waals surface area contributed by atoms with Crippen LogP contribution >= 0.6 is 11.6 Å². The number of fused-ring (bicyclic) bond motifs is 1. The Morgan fingerprint density at radius 2 is 2.00 bits per heavy atom. The Hall–Kier alpha value is -2.29. The van der Waals surface area contributed by atoms with Crippen LogP contribution in [-0.2, 0) is 24.2 Å². The van der Waals surface area contributed by atoms with Crippen LogP contribution in [0.3, 0.4) is 0 Å². The maximum absolute atomic E-state index is 5.97. The van der Waals surface area contributed by atoms with Gasteiger partial charge in [-0.05, 0) is 43.7 Å². The van der Waals surface area contributed by atoms with Crippen molar-refractivity contribution in [3.05, 3.63) is 46.8 Å². The molecule has 0 spiro atoms. The van der Waals surface area contributed by atoms with Gasteiger partial charge < -0.3 is 13.8 Å². The number of aromatic nitrogens is 5. The Labute approximate surface area is 173 Å². The van der Waals surface area contributed by atoms with Crippen LogP contribution in [-0.4, -0.2) is 56.1 Å². The number of halogens is 1. The van der Waals surface area contributed by atoms with E-state index in [0.29, 0.717) is 16.7 Å². The molecule has 2 aliphatic heterocycles. The van der Waals surface area contributed by atoms with Gasteiger partial charge in [-0.1, -0.05) is 16.8 Å². The number of piperidine rings is 1. The lowest BCUT2D eigenvalue weighted by atomic mass is 9.98. The lowest BCUT2D eigenvalue weighted by Crippen LogP contribution is -2.35. The van der Waals surface area contributed by atoms with E-state index >= 15 is 0 Å². The number of likely N-dealkylation sites (tertiary alicyclic amines) is 1. The zero-order valence-corrected chi connectivity index (χ0v) is 16.9. The van der Waals surface area contributed by atoms with Crippen LogP contribution in [0.2, 0.25) is 5.02 Å². The topological polar surface area (TPSA) is 82.1 Å². The lowest BCUT2D eigenvalue weighted by molar-refractivity contribution is 0.137. The fourth-order valence-electron chi connectivity index (χ4n) is 4.07. The summed E-state index contributed by atoms with van der Waals surface area (Å²) in [6, 6.07) is 7.49. The van der Waals surface area contributed by atoms with Crippen LogP contribution in [0, 0.1) is 0 Å². The molecule has 152 valence electrons. The summed E-state index contributed by atoms with van der Waals surface area (Å²) in [5.41, 5.74) is 0.908. The minimum absolute atomic E-state index is 0.229. The smallest absolute Gasteiger partial charge is 0.231 e. The molecule has 1 fully saturated rings. The molecule has 1 saturated heterocycles. The van der Waals surface area contributed by atoms with Crippen LogP contribution < -0.4 is 0 Å². The molecule has 0 amide bonds. The van der Waals surface area contributed by atoms with Crippen molar-refractivity contribution in [1.29, 1.82) is 0 Å². The third-order valence-electron chi connectivity index (χ3n) is 5.60. The fourth-order valence-corrected chi connectivity index (χ4v) is 4.20. The molecule has 5 rings (SSSR count). The van der Waals surface area contributed by atoms with Gasteiger partial charge in [0.05, 0.1) is 25.7 Å². The molecule has 0 radical (unpaired) electrons. The Balaban J connectivity index is 1.28. The molecule has 1 aromatic carbocycles. The first-order valence-electron chi connectivity index (χ1n) is 10.1. The summed E-state index contributed by atoms with van der Waals surface area (Å²) in [6.45, 7) is 4.95. The van der Waals surface area contributed by atoms with E-state index in [9.17, 15) is 0 Å². The van der Waals surface area contributed by atoms with E-state index in [1.165, 1.54) is 0 Å². The predicted octanol–water partition coefficient (Wildman–Crippen LogP) is 2.93. The highest BCUT2D eigenvalue weighted by Crippen LogP contribution is 2.28. The monoisotopic (exact) mass is 414 g/mol. The van der Waals surface area contributed by atoms with Crippen LogP contribution in [0.1, 0.15) is 36.3 Å². The van der Waals surface area contributed by atoms with Crippen LogP contribution in [0.5, 0.6) is 0 Å². The van der Waals surface area contributed by atoms with Crippen LogP contribution in [0.15, 0.2) is 28.8 Å². The minimum atomic E-state index is 0.229. The Morgan fingerprint density at radius 1 is 1.10 bits per heavy atom. The maximum Gasteiger partial charge on any atom is 0.231 e. The molecule has 2 aliphatic rings. The molecule has 0 aliphatic carbocycles. The normalized spacial score (nSPS) is 20.4. The molecule has 0 saturated carbocycles. The SMILES string of the molecule is Clc1ccc(-c2noc(C3CCCN(Cc4nnc5n4CCOCC5)C3)n2)cc1. The van der Waals surface area contributed by atoms with E-state index in [-0.39, 0.29) is 5.92 Å². The summed E-state index contributed by atoms with van der Waals surface area (Å²) < 4.78 is 13.4. The van der Waals surface area contributed by atoms with Crippen molar-refractivity contribution in [1.82, 2.24) is 29.8 Å². The van der Waals surface area contributed by atoms with Gasteiger partial charge in [0.2, 0.25) is 11.7 Å². The molecule has 4 heterocycles. The van der Waals surface area contributed by atoms with Gasteiger partial charge in [0, 0.05) is 30.1 Å². The summed E-state index contributed by atoms with van der Waals surface area (Å²) in [5, 5.41) is 13.7.